The summed E-state index contributed by atoms with van der Waals surface area (Å²) in [4.78, 5) is 0. The molecule has 0 aliphatic rings. The molecule has 0 bridgehead atoms. The van der Waals surface area contributed by atoms with Gasteiger partial charge in [0, 0.05) is 22.6 Å². The smallest absolute Gasteiger partial charge is 0.158 e. The van der Waals surface area contributed by atoms with Crippen molar-refractivity contribution >= 4 is 45.5 Å². The number of aromatic nitrogens is 4. The SMILES string of the molecule is Ic1nnnn1I. The van der Waals surface area contributed by atoms with Crippen molar-refractivity contribution in [3.63, 3.8) is 0 Å². The Labute approximate surface area is 67.3 Å². The minimum atomic E-state index is 0.790. The van der Waals surface area contributed by atoms with Crippen molar-refractivity contribution in [2.75, 3.05) is 0 Å². The molecular weight excluding hydrogens is 322 g/mol. The van der Waals surface area contributed by atoms with E-state index in [2.05, 4.69) is 15.5 Å². The van der Waals surface area contributed by atoms with E-state index in [1.54, 1.807) is 2.90 Å². The van der Waals surface area contributed by atoms with E-state index in [1.807, 2.05) is 45.5 Å². The highest BCUT2D eigenvalue weighted by molar-refractivity contribution is 14.1. The maximum atomic E-state index is 3.60. The summed E-state index contributed by atoms with van der Waals surface area (Å²) in [5.41, 5.74) is 0. The van der Waals surface area contributed by atoms with Gasteiger partial charge in [-0.3, -0.25) is 0 Å². The highest BCUT2D eigenvalue weighted by atomic mass is 127. The van der Waals surface area contributed by atoms with Crippen LogP contribution in [0.15, 0.2) is 0 Å². The molecule has 7 heavy (non-hydrogen) atoms. The maximum Gasteiger partial charge on any atom is 0.222 e. The van der Waals surface area contributed by atoms with Crippen LogP contribution in [0.4, 0.5) is 0 Å². The molecule has 0 fully saturated rings. The van der Waals surface area contributed by atoms with Crippen molar-refractivity contribution in [2.24, 2.45) is 0 Å². The molecule has 1 aromatic heterocycles. The van der Waals surface area contributed by atoms with Gasteiger partial charge in [-0.1, -0.05) is 0 Å². The average molecular weight is 322 g/mol. The van der Waals surface area contributed by atoms with Gasteiger partial charge in [0.2, 0.25) is 3.83 Å². The van der Waals surface area contributed by atoms with Crippen LogP contribution < -0.4 is 0 Å². The van der Waals surface area contributed by atoms with Crippen molar-refractivity contribution in [3.8, 4) is 0 Å². The molecule has 0 saturated heterocycles. The Kier molecular flexibility index (Phi) is 1.78. The number of hydrogen-bond acceptors (Lipinski definition) is 3. The number of tetrazole rings is 1. The molecule has 0 aliphatic heterocycles. The molecule has 0 spiro atoms. The molecular formula is CI2N4. The van der Waals surface area contributed by atoms with Crippen LogP contribution in [0.2, 0.25) is 0 Å². The lowest BCUT2D eigenvalue weighted by molar-refractivity contribution is 0.870. The van der Waals surface area contributed by atoms with Crippen molar-refractivity contribution in [3.05, 3.63) is 3.83 Å². The van der Waals surface area contributed by atoms with Crippen LogP contribution in [0.25, 0.3) is 0 Å². The van der Waals surface area contributed by atoms with Crippen molar-refractivity contribution in [1.82, 2.24) is 18.4 Å². The standard InChI is InChI=1S/CI2N4/c2-1-4-5-6-7(1)3. The third-order valence-corrected chi connectivity index (χ3v) is 2.64. The molecule has 0 saturated carbocycles. The lowest BCUT2D eigenvalue weighted by Gasteiger charge is -1.75. The van der Waals surface area contributed by atoms with E-state index in [4.69, 9.17) is 0 Å². The third-order valence-electron chi connectivity index (χ3n) is 0.398. The van der Waals surface area contributed by atoms with Gasteiger partial charge < -0.3 is 0 Å². The molecule has 38 valence electrons. The Morgan fingerprint density at radius 2 is 2.29 bits per heavy atom. The first-order chi connectivity index (χ1) is 3.30. The zero-order valence-electron chi connectivity index (χ0n) is 3.04. The maximum absolute atomic E-state index is 3.60. The Morgan fingerprint density at radius 1 is 1.57 bits per heavy atom. The van der Waals surface area contributed by atoms with Gasteiger partial charge in [-0.05, 0) is 10.4 Å². The molecule has 1 rings (SSSR count). The third kappa shape index (κ3) is 1.21. The molecule has 0 N–H and O–H groups in total. The summed E-state index contributed by atoms with van der Waals surface area (Å²) in [5.74, 6) is 0. The summed E-state index contributed by atoms with van der Waals surface area (Å²) in [6.07, 6.45) is 0. The Morgan fingerprint density at radius 3 is 2.43 bits per heavy atom. The minimum absolute atomic E-state index is 0.790. The molecule has 0 unspecified atom stereocenters. The summed E-state index contributed by atoms with van der Waals surface area (Å²) >= 11 is 4.03. The first-order valence-electron chi connectivity index (χ1n) is 1.41. The highest BCUT2D eigenvalue weighted by Crippen LogP contribution is 1.98. The van der Waals surface area contributed by atoms with Crippen molar-refractivity contribution in [1.29, 1.82) is 0 Å². The molecule has 0 aliphatic carbocycles. The quantitative estimate of drug-likeness (QED) is 0.653. The fraction of sp³-hybridized carbons (Fsp3) is 0. The van der Waals surface area contributed by atoms with Crippen molar-refractivity contribution < 1.29 is 0 Å². The Bertz CT molecular complexity index is 142. The van der Waals surface area contributed by atoms with Gasteiger partial charge in [-0.25, -0.2) is 0 Å². The van der Waals surface area contributed by atoms with Gasteiger partial charge in [0.25, 0.3) is 0 Å². The molecule has 0 radical (unpaired) electrons. The van der Waals surface area contributed by atoms with Crippen molar-refractivity contribution in [2.45, 2.75) is 0 Å². The second-order valence-corrected chi connectivity index (χ2v) is 2.69. The average Bonchev–Trinajstić information content (AvgIpc) is 1.91. The monoisotopic (exact) mass is 322 g/mol. The summed E-state index contributed by atoms with van der Waals surface area (Å²) < 4.78 is 2.36. The molecule has 4 nitrogen and oxygen atoms in total. The van der Waals surface area contributed by atoms with Gasteiger partial charge >= 0.3 is 0 Å². The van der Waals surface area contributed by atoms with Crippen LogP contribution in [0.1, 0.15) is 0 Å². The molecule has 1 aromatic rings. The van der Waals surface area contributed by atoms with E-state index in [-0.39, 0.29) is 0 Å². The van der Waals surface area contributed by atoms with Crippen LogP contribution in [0, 0.1) is 3.83 Å². The van der Waals surface area contributed by atoms with Gasteiger partial charge in [0.1, 0.15) is 0 Å². The van der Waals surface area contributed by atoms with Crippen LogP contribution >= 0.6 is 45.5 Å². The minimum Gasteiger partial charge on any atom is -0.158 e. The Hall–Kier alpha value is 0.530. The lowest BCUT2D eigenvalue weighted by atomic mass is 11.4. The van der Waals surface area contributed by atoms with Crippen LogP contribution in [0.3, 0.4) is 0 Å². The molecule has 1 heterocycles. The summed E-state index contributed by atoms with van der Waals surface area (Å²) in [6, 6.07) is 0. The van der Waals surface area contributed by atoms with Crippen LogP contribution in [0.5, 0.6) is 0 Å². The highest BCUT2D eigenvalue weighted by Gasteiger charge is 1.92. The molecule has 6 heteroatoms. The fourth-order valence-corrected chi connectivity index (χ4v) is 0.542. The molecule has 0 atom stereocenters. The first-order valence-corrected chi connectivity index (χ1v) is 3.45. The summed E-state index contributed by atoms with van der Waals surface area (Å²) in [7, 11) is 0. The Balaban J connectivity index is 3.12. The normalized spacial score (nSPS) is 9.43. The van der Waals surface area contributed by atoms with E-state index in [1.165, 1.54) is 0 Å². The van der Waals surface area contributed by atoms with E-state index in [0.29, 0.717) is 0 Å². The summed E-state index contributed by atoms with van der Waals surface area (Å²) in [6.45, 7) is 0. The second-order valence-electron chi connectivity index (χ2n) is 0.808. The molecule has 0 amide bonds. The molecule has 0 aromatic carbocycles. The number of nitrogens with zero attached hydrogens (tertiary/aromatic N) is 4. The van der Waals surface area contributed by atoms with Gasteiger partial charge in [0.05, 0.1) is 22.9 Å². The lowest BCUT2D eigenvalue weighted by Crippen LogP contribution is -1.82. The number of hydrogen-bond donors (Lipinski definition) is 0. The van der Waals surface area contributed by atoms with E-state index >= 15 is 0 Å². The number of halogens is 2. The number of rotatable bonds is 0. The van der Waals surface area contributed by atoms with Crippen LogP contribution in [-0.2, 0) is 0 Å². The van der Waals surface area contributed by atoms with Crippen LogP contribution in [-0.4, -0.2) is 18.4 Å². The van der Waals surface area contributed by atoms with E-state index in [0.717, 1.165) is 3.83 Å². The first kappa shape index (κ1) is 5.66. The van der Waals surface area contributed by atoms with E-state index < -0.39 is 0 Å². The second kappa shape index (κ2) is 2.20. The van der Waals surface area contributed by atoms with Gasteiger partial charge in [-0.15, -0.1) is 5.10 Å². The van der Waals surface area contributed by atoms with E-state index in [9.17, 15) is 0 Å². The van der Waals surface area contributed by atoms with Gasteiger partial charge in [0.15, 0.2) is 0 Å². The largest absolute Gasteiger partial charge is 0.222 e. The predicted octanol–water partition coefficient (Wildman–Crippen LogP) is 0.476. The summed E-state index contributed by atoms with van der Waals surface area (Å²) in [5, 5.41) is 10.5. The van der Waals surface area contributed by atoms with Gasteiger partial charge in [-0.2, -0.15) is 2.90 Å². The zero-order valence-corrected chi connectivity index (χ0v) is 7.36. The fourth-order valence-electron chi connectivity index (χ4n) is 0.166. The predicted molar refractivity (Wildman–Crippen MR) is 40.0 cm³/mol. The topological polar surface area (TPSA) is 43.6 Å². The zero-order chi connectivity index (χ0) is 5.28.